The zero-order valence-corrected chi connectivity index (χ0v) is 11.7. The maximum absolute atomic E-state index is 11.7. The van der Waals surface area contributed by atoms with Crippen LogP contribution >= 0.6 is 0 Å². The molecule has 1 aliphatic heterocycles. The van der Waals surface area contributed by atoms with Gasteiger partial charge in [-0.1, -0.05) is 0 Å². The first-order chi connectivity index (χ1) is 9.02. The molecule has 0 spiro atoms. The summed E-state index contributed by atoms with van der Waals surface area (Å²) in [6, 6.07) is -1.15. The van der Waals surface area contributed by atoms with Gasteiger partial charge in [-0.25, -0.2) is 9.59 Å². The van der Waals surface area contributed by atoms with Gasteiger partial charge in [-0.3, -0.25) is 0 Å². The van der Waals surface area contributed by atoms with Crippen molar-refractivity contribution in [2.75, 3.05) is 46.3 Å². The summed E-state index contributed by atoms with van der Waals surface area (Å²) in [7, 11) is 1.49. The van der Waals surface area contributed by atoms with Crippen LogP contribution in [0.3, 0.4) is 0 Å². The minimum Gasteiger partial charge on any atom is -0.480 e. The molecule has 110 valence electrons. The van der Waals surface area contributed by atoms with Gasteiger partial charge in [-0.05, 0) is 19.9 Å². The summed E-state index contributed by atoms with van der Waals surface area (Å²) in [5.74, 6) is -1.00. The topological polar surface area (TPSA) is 84.9 Å². The molecule has 2 amide bonds. The standard InChI is InChI=1S/C12H24N4O3/c1-10(11(17)18)15(2)12(19)14-4-3-7-16-8-5-13-6-9-16/h10,13H,3-9H2,1-2H3,(H,14,19)(H,17,18). The molecule has 1 heterocycles. The van der Waals surface area contributed by atoms with E-state index in [1.165, 1.54) is 18.9 Å². The maximum atomic E-state index is 11.7. The molecule has 1 atom stereocenters. The molecular weight excluding hydrogens is 248 g/mol. The second-order valence-electron chi connectivity index (χ2n) is 4.80. The van der Waals surface area contributed by atoms with E-state index in [0.29, 0.717) is 6.54 Å². The number of carboxylic acids is 1. The first kappa shape index (κ1) is 15.7. The lowest BCUT2D eigenvalue weighted by atomic mass is 10.3. The van der Waals surface area contributed by atoms with Crippen LogP contribution in [0.25, 0.3) is 0 Å². The Balaban J connectivity index is 2.14. The lowest BCUT2D eigenvalue weighted by Crippen LogP contribution is -2.47. The lowest BCUT2D eigenvalue weighted by Gasteiger charge is -2.27. The van der Waals surface area contributed by atoms with Crippen LogP contribution in [-0.2, 0) is 4.79 Å². The number of nitrogens with one attached hydrogen (secondary N) is 2. The van der Waals surface area contributed by atoms with E-state index < -0.39 is 12.0 Å². The maximum Gasteiger partial charge on any atom is 0.326 e. The highest BCUT2D eigenvalue weighted by molar-refractivity contribution is 5.82. The van der Waals surface area contributed by atoms with Crippen LogP contribution < -0.4 is 10.6 Å². The van der Waals surface area contributed by atoms with E-state index in [2.05, 4.69) is 15.5 Å². The number of carbonyl (C=O) groups is 2. The highest BCUT2D eigenvalue weighted by Gasteiger charge is 2.21. The zero-order chi connectivity index (χ0) is 14.3. The summed E-state index contributed by atoms with van der Waals surface area (Å²) < 4.78 is 0. The molecule has 1 fully saturated rings. The quantitative estimate of drug-likeness (QED) is 0.562. The van der Waals surface area contributed by atoms with Crippen LogP contribution in [0.5, 0.6) is 0 Å². The van der Waals surface area contributed by atoms with Gasteiger partial charge in [0.05, 0.1) is 0 Å². The number of piperazine rings is 1. The normalized spacial score (nSPS) is 17.8. The molecule has 0 aromatic rings. The summed E-state index contributed by atoms with van der Waals surface area (Å²) in [5.41, 5.74) is 0. The first-order valence-electron chi connectivity index (χ1n) is 6.69. The van der Waals surface area contributed by atoms with E-state index in [9.17, 15) is 9.59 Å². The fourth-order valence-electron chi connectivity index (χ4n) is 1.90. The van der Waals surface area contributed by atoms with Crippen molar-refractivity contribution < 1.29 is 14.7 Å². The second kappa shape index (κ2) is 7.96. The minimum absolute atomic E-state index is 0.338. The van der Waals surface area contributed by atoms with E-state index in [1.54, 1.807) is 0 Å². The van der Waals surface area contributed by atoms with Gasteiger partial charge in [0, 0.05) is 39.8 Å². The fourth-order valence-corrected chi connectivity index (χ4v) is 1.90. The predicted molar refractivity (Wildman–Crippen MR) is 72.2 cm³/mol. The van der Waals surface area contributed by atoms with Crippen molar-refractivity contribution in [3.8, 4) is 0 Å². The third kappa shape index (κ3) is 5.44. The van der Waals surface area contributed by atoms with E-state index in [-0.39, 0.29) is 6.03 Å². The van der Waals surface area contributed by atoms with Gasteiger partial charge in [-0.2, -0.15) is 0 Å². The van der Waals surface area contributed by atoms with Gasteiger partial charge in [0.15, 0.2) is 0 Å². The molecule has 3 N–H and O–H groups in total. The lowest BCUT2D eigenvalue weighted by molar-refractivity contribution is -0.141. The third-order valence-electron chi connectivity index (χ3n) is 3.40. The van der Waals surface area contributed by atoms with Crippen molar-refractivity contribution in [3.63, 3.8) is 0 Å². The number of urea groups is 1. The largest absolute Gasteiger partial charge is 0.480 e. The van der Waals surface area contributed by atoms with Crippen molar-refractivity contribution in [1.29, 1.82) is 0 Å². The summed E-state index contributed by atoms with van der Waals surface area (Å²) in [6.07, 6.45) is 0.876. The van der Waals surface area contributed by atoms with E-state index in [4.69, 9.17) is 5.11 Å². The number of carbonyl (C=O) groups excluding carboxylic acids is 1. The predicted octanol–water partition coefficient (Wildman–Crippen LogP) is -0.604. The number of likely N-dealkylation sites (N-methyl/N-ethyl adjacent to an activating group) is 1. The van der Waals surface area contributed by atoms with Gasteiger partial charge in [0.1, 0.15) is 6.04 Å². The molecule has 0 saturated carbocycles. The Morgan fingerprint density at radius 2 is 2.05 bits per heavy atom. The van der Waals surface area contributed by atoms with Gasteiger partial charge in [-0.15, -0.1) is 0 Å². The monoisotopic (exact) mass is 272 g/mol. The van der Waals surface area contributed by atoms with Crippen LogP contribution in [-0.4, -0.2) is 79.3 Å². The van der Waals surface area contributed by atoms with Gasteiger partial charge >= 0.3 is 12.0 Å². The molecule has 1 unspecified atom stereocenters. The first-order valence-corrected chi connectivity index (χ1v) is 6.69. The van der Waals surface area contributed by atoms with Crippen LogP contribution in [0.4, 0.5) is 4.79 Å². The summed E-state index contributed by atoms with van der Waals surface area (Å²) in [6.45, 7) is 7.15. The Morgan fingerprint density at radius 1 is 1.42 bits per heavy atom. The molecule has 0 aliphatic carbocycles. The third-order valence-corrected chi connectivity index (χ3v) is 3.40. The minimum atomic E-state index is -1.00. The number of amides is 2. The van der Waals surface area contributed by atoms with Crippen LogP contribution in [0, 0.1) is 0 Å². The fraction of sp³-hybridized carbons (Fsp3) is 0.833. The number of nitrogens with zero attached hydrogens (tertiary/aromatic N) is 2. The molecule has 7 heteroatoms. The molecule has 0 aromatic carbocycles. The number of hydrogen-bond donors (Lipinski definition) is 3. The van der Waals surface area contributed by atoms with Crippen LogP contribution in [0.15, 0.2) is 0 Å². The Kier molecular flexibility index (Phi) is 6.58. The Bertz CT molecular complexity index is 305. The number of carboxylic acid groups (broad SMARTS) is 1. The zero-order valence-electron chi connectivity index (χ0n) is 11.7. The van der Waals surface area contributed by atoms with E-state index >= 15 is 0 Å². The van der Waals surface area contributed by atoms with Crippen molar-refractivity contribution in [3.05, 3.63) is 0 Å². The van der Waals surface area contributed by atoms with E-state index in [1.807, 2.05) is 0 Å². The van der Waals surface area contributed by atoms with Crippen LogP contribution in [0.2, 0.25) is 0 Å². The van der Waals surface area contributed by atoms with Crippen molar-refractivity contribution in [2.45, 2.75) is 19.4 Å². The Morgan fingerprint density at radius 3 is 2.63 bits per heavy atom. The van der Waals surface area contributed by atoms with Crippen molar-refractivity contribution in [2.24, 2.45) is 0 Å². The number of rotatable bonds is 6. The van der Waals surface area contributed by atoms with E-state index in [0.717, 1.165) is 39.1 Å². The highest BCUT2D eigenvalue weighted by Crippen LogP contribution is 1.97. The van der Waals surface area contributed by atoms with Crippen molar-refractivity contribution in [1.82, 2.24) is 20.4 Å². The average molecular weight is 272 g/mol. The summed E-state index contributed by atoms with van der Waals surface area (Å²) >= 11 is 0. The van der Waals surface area contributed by atoms with Gasteiger partial charge in [0.2, 0.25) is 0 Å². The molecule has 1 aliphatic rings. The van der Waals surface area contributed by atoms with Gasteiger partial charge < -0.3 is 25.5 Å². The molecule has 7 nitrogen and oxygen atoms in total. The summed E-state index contributed by atoms with van der Waals surface area (Å²) in [4.78, 5) is 26.0. The molecule has 0 radical (unpaired) electrons. The SMILES string of the molecule is CC(C(=O)O)N(C)C(=O)NCCCN1CCNCC1. The Labute approximate surface area is 113 Å². The number of hydrogen-bond acceptors (Lipinski definition) is 4. The van der Waals surface area contributed by atoms with Crippen molar-refractivity contribution >= 4 is 12.0 Å². The molecular formula is C12H24N4O3. The highest BCUT2D eigenvalue weighted by atomic mass is 16.4. The second-order valence-corrected chi connectivity index (χ2v) is 4.80. The van der Waals surface area contributed by atoms with Gasteiger partial charge in [0.25, 0.3) is 0 Å². The number of aliphatic carboxylic acids is 1. The Hall–Kier alpha value is -1.34. The smallest absolute Gasteiger partial charge is 0.326 e. The van der Waals surface area contributed by atoms with Crippen LogP contribution in [0.1, 0.15) is 13.3 Å². The summed E-state index contributed by atoms with van der Waals surface area (Å²) in [5, 5.41) is 14.8. The molecule has 0 bridgehead atoms. The molecule has 19 heavy (non-hydrogen) atoms. The molecule has 1 rings (SSSR count). The molecule has 1 saturated heterocycles. The average Bonchev–Trinajstić information content (AvgIpc) is 2.42. The molecule has 0 aromatic heterocycles.